The van der Waals surface area contributed by atoms with Gasteiger partial charge in [-0.3, -0.25) is 4.99 Å². The molecule has 0 aliphatic carbocycles. The van der Waals surface area contributed by atoms with Crippen molar-refractivity contribution in [2.24, 2.45) is 21.5 Å². The Hall–Kier alpha value is -3.55. The first-order chi connectivity index (χ1) is 14.6. The summed E-state index contributed by atoms with van der Waals surface area (Å²) in [7, 11) is 1.70. The Bertz CT molecular complexity index is 875. The molecule has 0 saturated heterocycles. The molecule has 0 unspecified atom stereocenters. The minimum atomic E-state index is 0.335. The molecular formula is C22H32N8. The second kappa shape index (κ2) is 11.5. The van der Waals surface area contributed by atoms with Crippen LogP contribution >= 0.6 is 0 Å². The van der Waals surface area contributed by atoms with Crippen LogP contribution in [-0.4, -0.2) is 43.3 Å². The third kappa shape index (κ3) is 5.97. The van der Waals surface area contributed by atoms with Crippen LogP contribution in [0.1, 0.15) is 26.7 Å². The van der Waals surface area contributed by atoms with Crippen molar-refractivity contribution >= 4 is 18.3 Å². The van der Waals surface area contributed by atoms with Gasteiger partial charge in [0, 0.05) is 62.2 Å². The molecule has 0 aromatic carbocycles. The Kier molecular flexibility index (Phi) is 8.68. The molecule has 2 aliphatic rings. The average Bonchev–Trinajstić information content (AvgIpc) is 2.75. The SMILES string of the molecule is CCCN(CCC)C(C=N)=CC(N)=NC1=CC=C2NC=C(C(C=NC)=CN)C=C2N1. The third-order valence-electron chi connectivity index (χ3n) is 4.47. The van der Waals surface area contributed by atoms with E-state index in [-0.39, 0.29) is 0 Å². The highest BCUT2D eigenvalue weighted by atomic mass is 15.1. The number of nitrogens with zero attached hydrogens (tertiary/aromatic N) is 3. The van der Waals surface area contributed by atoms with E-state index in [1.54, 1.807) is 19.3 Å². The van der Waals surface area contributed by atoms with Gasteiger partial charge in [-0.1, -0.05) is 13.8 Å². The topological polar surface area (TPSA) is 128 Å². The van der Waals surface area contributed by atoms with Crippen molar-refractivity contribution in [1.29, 1.82) is 5.41 Å². The zero-order valence-corrected chi connectivity index (χ0v) is 17.9. The lowest BCUT2D eigenvalue weighted by molar-refractivity contribution is 0.362. The summed E-state index contributed by atoms with van der Waals surface area (Å²) >= 11 is 0. The lowest BCUT2D eigenvalue weighted by Crippen LogP contribution is -2.28. The molecule has 0 radical (unpaired) electrons. The Labute approximate surface area is 178 Å². The Morgan fingerprint density at radius 2 is 1.93 bits per heavy atom. The first kappa shape index (κ1) is 22.7. The van der Waals surface area contributed by atoms with Gasteiger partial charge in [-0.25, -0.2) is 4.99 Å². The molecule has 0 amide bonds. The number of nitrogens with one attached hydrogen (secondary N) is 3. The van der Waals surface area contributed by atoms with Crippen LogP contribution in [0.25, 0.3) is 0 Å². The first-order valence-electron chi connectivity index (χ1n) is 10.1. The summed E-state index contributed by atoms with van der Waals surface area (Å²) in [5, 5.41) is 14.3. The van der Waals surface area contributed by atoms with Crippen LogP contribution in [0.15, 0.2) is 80.7 Å². The smallest absolute Gasteiger partial charge is 0.132 e. The van der Waals surface area contributed by atoms with Gasteiger partial charge in [-0.05, 0) is 31.1 Å². The van der Waals surface area contributed by atoms with E-state index in [0.29, 0.717) is 11.7 Å². The van der Waals surface area contributed by atoms with Crippen molar-refractivity contribution in [3.05, 3.63) is 70.8 Å². The molecule has 2 rings (SSSR count). The molecule has 0 aromatic rings. The highest BCUT2D eigenvalue weighted by molar-refractivity contribution is 5.97. The molecule has 0 fully saturated rings. The van der Waals surface area contributed by atoms with E-state index in [1.165, 1.54) is 12.4 Å². The van der Waals surface area contributed by atoms with Crippen LogP contribution in [0.2, 0.25) is 0 Å². The fraction of sp³-hybridized carbons (Fsp3) is 0.318. The number of rotatable bonds is 10. The van der Waals surface area contributed by atoms with Crippen LogP contribution < -0.4 is 22.1 Å². The highest BCUT2D eigenvalue weighted by Gasteiger charge is 2.16. The Morgan fingerprint density at radius 3 is 2.53 bits per heavy atom. The summed E-state index contributed by atoms with van der Waals surface area (Å²) < 4.78 is 0. The van der Waals surface area contributed by atoms with Gasteiger partial charge < -0.3 is 32.4 Å². The molecule has 2 heterocycles. The van der Waals surface area contributed by atoms with E-state index in [4.69, 9.17) is 16.9 Å². The maximum Gasteiger partial charge on any atom is 0.132 e. The Morgan fingerprint density at radius 1 is 1.20 bits per heavy atom. The zero-order chi connectivity index (χ0) is 21.9. The van der Waals surface area contributed by atoms with Gasteiger partial charge in [-0.15, -0.1) is 0 Å². The fourth-order valence-electron chi connectivity index (χ4n) is 3.13. The van der Waals surface area contributed by atoms with E-state index >= 15 is 0 Å². The lowest BCUT2D eigenvalue weighted by atomic mass is 10.0. The monoisotopic (exact) mass is 408 g/mol. The molecule has 30 heavy (non-hydrogen) atoms. The van der Waals surface area contributed by atoms with Crippen molar-refractivity contribution in [2.75, 3.05) is 20.1 Å². The number of hydrogen-bond acceptors (Lipinski definition) is 7. The number of aliphatic imine (C=N–C) groups is 2. The third-order valence-corrected chi connectivity index (χ3v) is 4.47. The quantitative estimate of drug-likeness (QED) is 0.280. The summed E-state index contributed by atoms with van der Waals surface area (Å²) in [6.45, 7) is 5.99. The number of hydrogen-bond donors (Lipinski definition) is 5. The van der Waals surface area contributed by atoms with Gasteiger partial charge >= 0.3 is 0 Å². The highest BCUT2D eigenvalue weighted by Crippen LogP contribution is 2.22. The van der Waals surface area contributed by atoms with Crippen molar-refractivity contribution in [1.82, 2.24) is 15.5 Å². The molecular weight excluding hydrogens is 376 g/mol. The predicted molar refractivity (Wildman–Crippen MR) is 126 cm³/mol. The molecule has 0 bridgehead atoms. The molecule has 8 nitrogen and oxygen atoms in total. The Balaban J connectivity index is 2.22. The maximum atomic E-state index is 7.76. The van der Waals surface area contributed by atoms with E-state index in [9.17, 15) is 0 Å². The molecule has 2 aliphatic heterocycles. The number of dihydropyridines is 2. The molecule has 0 spiro atoms. The molecule has 0 atom stereocenters. The fourth-order valence-corrected chi connectivity index (χ4v) is 3.13. The van der Waals surface area contributed by atoms with Crippen molar-refractivity contribution in [2.45, 2.75) is 26.7 Å². The van der Waals surface area contributed by atoms with Gasteiger partial charge in [0.05, 0.1) is 17.1 Å². The molecule has 0 saturated carbocycles. The lowest BCUT2D eigenvalue weighted by Gasteiger charge is -2.24. The summed E-state index contributed by atoms with van der Waals surface area (Å²) in [5.41, 5.74) is 16.1. The number of amidine groups is 1. The van der Waals surface area contributed by atoms with Crippen LogP contribution in [0, 0.1) is 5.41 Å². The van der Waals surface area contributed by atoms with E-state index in [2.05, 4.69) is 39.4 Å². The largest absolute Gasteiger partial charge is 0.404 e. The molecule has 8 heteroatoms. The second-order valence-corrected chi connectivity index (χ2v) is 6.81. The summed E-state index contributed by atoms with van der Waals surface area (Å²) in [6, 6.07) is 0. The number of nitrogens with two attached hydrogens (primary N) is 2. The van der Waals surface area contributed by atoms with E-state index in [0.717, 1.165) is 54.2 Å². The summed E-state index contributed by atoms with van der Waals surface area (Å²) in [5.74, 6) is 0.952. The summed E-state index contributed by atoms with van der Waals surface area (Å²) in [4.78, 5) is 10.7. The first-order valence-corrected chi connectivity index (χ1v) is 10.1. The van der Waals surface area contributed by atoms with Crippen molar-refractivity contribution in [3.8, 4) is 0 Å². The van der Waals surface area contributed by atoms with Gasteiger partial charge in [0.2, 0.25) is 0 Å². The van der Waals surface area contributed by atoms with Gasteiger partial charge in [0.1, 0.15) is 11.7 Å². The molecule has 0 aromatic heterocycles. The standard InChI is InChI=1S/C22H32N8/c1-4-8-30(9-5-2)18(13-24)11-21(25)29-22-7-6-19-20(28-22)10-16(15-27-19)17(12-23)14-26-3/h6-7,10-15,24,27-28H,4-5,8-9,23H2,1-3H3,(H2,25,29). The van der Waals surface area contributed by atoms with Crippen LogP contribution in [0.4, 0.5) is 0 Å². The molecule has 160 valence electrons. The maximum absolute atomic E-state index is 7.76. The van der Waals surface area contributed by atoms with Crippen LogP contribution in [0.3, 0.4) is 0 Å². The van der Waals surface area contributed by atoms with Crippen LogP contribution in [0.5, 0.6) is 0 Å². The molecule has 7 N–H and O–H groups in total. The number of fused-ring (bicyclic) bond motifs is 1. The van der Waals surface area contributed by atoms with E-state index < -0.39 is 0 Å². The predicted octanol–water partition coefficient (Wildman–Crippen LogP) is 2.24. The van der Waals surface area contributed by atoms with Gasteiger partial charge in [0.25, 0.3) is 0 Å². The van der Waals surface area contributed by atoms with Gasteiger partial charge in [-0.2, -0.15) is 0 Å². The second-order valence-electron chi connectivity index (χ2n) is 6.81. The van der Waals surface area contributed by atoms with Crippen molar-refractivity contribution < 1.29 is 0 Å². The normalized spacial score (nSPS) is 17.2. The van der Waals surface area contributed by atoms with Crippen LogP contribution in [-0.2, 0) is 0 Å². The van der Waals surface area contributed by atoms with Crippen molar-refractivity contribution in [3.63, 3.8) is 0 Å². The summed E-state index contributed by atoms with van der Waals surface area (Å²) in [6.07, 6.45) is 15.9. The minimum absolute atomic E-state index is 0.335. The zero-order valence-electron chi connectivity index (χ0n) is 17.9. The minimum Gasteiger partial charge on any atom is -0.404 e. The average molecular weight is 409 g/mol. The number of allylic oxidation sites excluding steroid dienone is 6. The van der Waals surface area contributed by atoms with Gasteiger partial charge in [0.15, 0.2) is 0 Å². The van der Waals surface area contributed by atoms with E-state index in [1.807, 2.05) is 24.4 Å².